The van der Waals surface area contributed by atoms with Gasteiger partial charge in [0.1, 0.15) is 29.4 Å². The van der Waals surface area contributed by atoms with Crippen LogP contribution in [0.25, 0.3) is 22.3 Å². The number of nitrogens with two attached hydrogens (primary N) is 1. The number of fused-ring (bicyclic) bond motifs is 1. The van der Waals surface area contributed by atoms with Crippen molar-refractivity contribution in [3.63, 3.8) is 0 Å². The highest BCUT2D eigenvalue weighted by molar-refractivity contribution is 6.53. The van der Waals surface area contributed by atoms with Crippen LogP contribution in [-0.4, -0.2) is 48.5 Å². The molecule has 8 nitrogen and oxygen atoms in total. The van der Waals surface area contributed by atoms with Gasteiger partial charge in [0.2, 0.25) is 17.4 Å². The average molecular weight is 573 g/mol. The van der Waals surface area contributed by atoms with E-state index >= 15 is 4.39 Å². The van der Waals surface area contributed by atoms with Crippen molar-refractivity contribution < 1.29 is 31.5 Å². The van der Waals surface area contributed by atoms with Gasteiger partial charge in [-0.05, 0) is 18.6 Å². The fourth-order valence-electron chi connectivity index (χ4n) is 4.23. The number of hydrogen-bond donors (Lipinski definition) is 1. The van der Waals surface area contributed by atoms with Crippen LogP contribution >= 0.6 is 23.2 Å². The molecule has 2 N–H and O–H groups in total. The molecule has 2 aromatic heterocycles. The summed E-state index contributed by atoms with van der Waals surface area (Å²) in [7, 11) is 0. The molecular weight excluding hydrogens is 558 g/mol. The Kier molecular flexibility index (Phi) is 6.73. The van der Waals surface area contributed by atoms with Crippen molar-refractivity contribution in [1.82, 2.24) is 24.6 Å². The number of carbonyl (C=O) groups excluding carboxylic acids is 1. The minimum Gasteiger partial charge on any atom is -0.451 e. The minimum absolute atomic E-state index is 0.00265. The number of rotatable bonds is 5. The van der Waals surface area contributed by atoms with Gasteiger partial charge in [0.25, 0.3) is 5.91 Å². The number of halogens is 7. The number of amides is 1. The van der Waals surface area contributed by atoms with E-state index in [0.29, 0.717) is 13.0 Å². The van der Waals surface area contributed by atoms with Crippen molar-refractivity contribution in [2.45, 2.75) is 17.3 Å². The number of likely N-dealkylation sites (tertiary alicyclic amines) is 1. The summed E-state index contributed by atoms with van der Waals surface area (Å²) in [6.45, 7) is 0.566. The molecule has 1 atom stereocenters. The smallest absolute Gasteiger partial charge is 0.255 e. The molecule has 198 valence electrons. The summed E-state index contributed by atoms with van der Waals surface area (Å²) in [6.07, 6.45) is 1.68. The second-order valence-corrected chi connectivity index (χ2v) is 9.42. The molecule has 1 aliphatic rings. The van der Waals surface area contributed by atoms with E-state index in [1.165, 1.54) is 22.0 Å². The van der Waals surface area contributed by atoms with Gasteiger partial charge in [-0.15, -0.1) is 0 Å². The Balaban J connectivity index is 1.53. The maximum Gasteiger partial charge on any atom is 0.255 e. The molecule has 0 saturated carbocycles. The third kappa shape index (κ3) is 4.45. The number of nitrogens with zero attached hydrogens (tertiary/aromatic N) is 5. The number of ether oxygens (including phenoxy) is 1. The zero-order valence-electron chi connectivity index (χ0n) is 18.9. The maximum atomic E-state index is 15.3. The average Bonchev–Trinajstić information content (AvgIpc) is 3.51. The lowest BCUT2D eigenvalue weighted by atomic mass is 10.1. The highest BCUT2D eigenvalue weighted by Gasteiger charge is 2.33. The van der Waals surface area contributed by atoms with E-state index in [9.17, 15) is 22.4 Å². The lowest BCUT2D eigenvalue weighted by molar-refractivity contribution is -0.128. The first kappa shape index (κ1) is 25.9. The third-order valence-electron chi connectivity index (χ3n) is 6.01. The van der Waals surface area contributed by atoms with Gasteiger partial charge in [-0.1, -0.05) is 23.2 Å². The Morgan fingerprint density at radius 3 is 2.42 bits per heavy atom. The van der Waals surface area contributed by atoms with E-state index in [2.05, 4.69) is 15.1 Å². The highest BCUT2D eigenvalue weighted by Crippen LogP contribution is 2.37. The van der Waals surface area contributed by atoms with Gasteiger partial charge in [-0.2, -0.15) is 13.9 Å². The summed E-state index contributed by atoms with van der Waals surface area (Å²) >= 11 is 11.4. The van der Waals surface area contributed by atoms with Crippen LogP contribution in [-0.2, 0) is 4.79 Å². The molecule has 0 bridgehead atoms. The first-order valence-corrected chi connectivity index (χ1v) is 11.8. The molecule has 0 aliphatic carbocycles. The molecule has 2 aromatic carbocycles. The van der Waals surface area contributed by atoms with E-state index in [1.54, 1.807) is 0 Å². The predicted octanol–water partition coefficient (Wildman–Crippen LogP) is 5.14. The number of carbonyl (C=O) groups is 1. The van der Waals surface area contributed by atoms with Crippen LogP contribution in [0.4, 0.5) is 27.8 Å². The van der Waals surface area contributed by atoms with E-state index < -0.39 is 51.3 Å². The van der Waals surface area contributed by atoms with Crippen molar-refractivity contribution in [3.05, 3.63) is 59.7 Å². The second kappa shape index (κ2) is 9.87. The van der Waals surface area contributed by atoms with Crippen LogP contribution in [0.3, 0.4) is 0 Å². The first-order chi connectivity index (χ1) is 18.1. The van der Waals surface area contributed by atoms with Gasteiger partial charge in [0.15, 0.2) is 22.1 Å². The summed E-state index contributed by atoms with van der Waals surface area (Å²) in [5, 5.41) is 4.72. The Morgan fingerprint density at radius 1 is 1.05 bits per heavy atom. The molecular formula is C23H15Cl2F5N6O2. The quantitative estimate of drug-likeness (QED) is 0.202. The van der Waals surface area contributed by atoms with Gasteiger partial charge in [0, 0.05) is 30.8 Å². The van der Waals surface area contributed by atoms with Gasteiger partial charge in [0.05, 0.1) is 11.4 Å². The Labute approximate surface area is 220 Å². The summed E-state index contributed by atoms with van der Waals surface area (Å²) in [6, 6.07) is 2.74. The molecule has 1 amide bonds. The van der Waals surface area contributed by atoms with Gasteiger partial charge < -0.3 is 15.4 Å². The second-order valence-electron chi connectivity index (χ2n) is 8.32. The van der Waals surface area contributed by atoms with Crippen molar-refractivity contribution in [2.75, 3.05) is 18.8 Å². The summed E-state index contributed by atoms with van der Waals surface area (Å²) < 4.78 is 76.7. The summed E-state index contributed by atoms with van der Waals surface area (Å²) in [5.41, 5.74) is 6.29. The van der Waals surface area contributed by atoms with Crippen LogP contribution < -0.4 is 10.5 Å². The monoisotopic (exact) mass is 572 g/mol. The maximum absolute atomic E-state index is 15.3. The SMILES string of the molecule is Nc1ncnc2c1c(-c1ccc(Oc3c(F)c(F)cc(F)c3F)cc1F)nn2C1CCN(C(=O)C(Cl)Cl)C1. The minimum atomic E-state index is -1.78. The molecule has 1 aliphatic heterocycles. The van der Waals surface area contributed by atoms with Crippen LogP contribution in [0.5, 0.6) is 11.5 Å². The number of hydrogen-bond acceptors (Lipinski definition) is 6. The van der Waals surface area contributed by atoms with Crippen molar-refractivity contribution in [3.8, 4) is 22.8 Å². The normalized spacial score (nSPS) is 15.6. The van der Waals surface area contributed by atoms with Gasteiger partial charge in [-0.3, -0.25) is 4.79 Å². The molecule has 4 aromatic rings. The molecule has 0 radical (unpaired) electrons. The fourth-order valence-corrected chi connectivity index (χ4v) is 4.50. The molecule has 0 spiro atoms. The number of alkyl halides is 2. The summed E-state index contributed by atoms with van der Waals surface area (Å²) in [5.74, 6) is -10.1. The standard InChI is InChI=1S/C23H15Cl2F5N6O2/c24-20(25)23(37)35-4-3-9(7-35)36-22-15(21(31)32-8-33-22)18(34-36)11-2-1-10(5-12(11)26)38-19-16(29)13(27)6-14(28)17(19)30/h1-2,5-6,8-9,20H,3-4,7H2,(H2,31,32,33). The molecule has 5 rings (SSSR count). The molecule has 1 saturated heterocycles. The third-order valence-corrected chi connectivity index (χ3v) is 6.39. The van der Waals surface area contributed by atoms with Crippen LogP contribution in [0, 0.1) is 29.1 Å². The summed E-state index contributed by atoms with van der Waals surface area (Å²) in [4.78, 5) is 20.6. The molecule has 3 heterocycles. The first-order valence-electron chi connectivity index (χ1n) is 10.9. The van der Waals surface area contributed by atoms with Gasteiger partial charge >= 0.3 is 0 Å². The zero-order chi connectivity index (χ0) is 27.3. The number of anilines is 1. The van der Waals surface area contributed by atoms with E-state index in [4.69, 9.17) is 33.7 Å². The van der Waals surface area contributed by atoms with Crippen molar-refractivity contribution in [2.24, 2.45) is 0 Å². The van der Waals surface area contributed by atoms with E-state index in [0.717, 1.165) is 12.1 Å². The Morgan fingerprint density at radius 2 is 1.76 bits per heavy atom. The molecule has 15 heteroatoms. The van der Waals surface area contributed by atoms with Crippen molar-refractivity contribution in [1.29, 1.82) is 0 Å². The van der Waals surface area contributed by atoms with Gasteiger partial charge in [-0.25, -0.2) is 27.8 Å². The van der Waals surface area contributed by atoms with Crippen LogP contribution in [0.15, 0.2) is 30.6 Å². The lowest BCUT2D eigenvalue weighted by Crippen LogP contribution is -2.33. The number of aromatic nitrogens is 4. The number of benzene rings is 2. The molecule has 38 heavy (non-hydrogen) atoms. The molecule has 1 fully saturated rings. The molecule has 1 unspecified atom stereocenters. The van der Waals surface area contributed by atoms with Crippen LogP contribution in [0.2, 0.25) is 0 Å². The largest absolute Gasteiger partial charge is 0.451 e. The Bertz CT molecular complexity index is 1560. The zero-order valence-corrected chi connectivity index (χ0v) is 20.5. The lowest BCUT2D eigenvalue weighted by Gasteiger charge is -2.17. The Hall–Kier alpha value is -3.71. The van der Waals surface area contributed by atoms with E-state index in [1.807, 2.05) is 0 Å². The van der Waals surface area contributed by atoms with Crippen molar-refractivity contribution >= 4 is 46.0 Å². The topological polar surface area (TPSA) is 99.2 Å². The van der Waals surface area contributed by atoms with E-state index in [-0.39, 0.29) is 46.8 Å². The number of nitrogen functional groups attached to an aromatic ring is 1. The predicted molar refractivity (Wildman–Crippen MR) is 127 cm³/mol. The van der Waals surface area contributed by atoms with Crippen LogP contribution in [0.1, 0.15) is 12.5 Å². The fraction of sp³-hybridized carbons (Fsp3) is 0.217. The highest BCUT2D eigenvalue weighted by atomic mass is 35.5.